The third kappa shape index (κ3) is 2.49. The summed E-state index contributed by atoms with van der Waals surface area (Å²) in [4.78, 5) is 8.98. The van der Waals surface area contributed by atoms with Gasteiger partial charge in [0.05, 0.1) is 23.5 Å². The summed E-state index contributed by atoms with van der Waals surface area (Å²) in [7, 11) is 1.45. The average Bonchev–Trinajstić information content (AvgIpc) is 2.97. The van der Waals surface area contributed by atoms with Crippen LogP contribution in [0.25, 0.3) is 22.3 Å². The van der Waals surface area contributed by atoms with Crippen molar-refractivity contribution in [3.05, 3.63) is 40.5 Å². The summed E-state index contributed by atoms with van der Waals surface area (Å²) in [5.74, 6) is 0.144. The van der Waals surface area contributed by atoms with Gasteiger partial charge in [0.1, 0.15) is 5.52 Å². The molecule has 0 saturated heterocycles. The maximum absolute atomic E-state index is 14.3. The third-order valence-corrected chi connectivity index (χ3v) is 4.41. The van der Waals surface area contributed by atoms with E-state index in [0.29, 0.717) is 17.1 Å². The molecule has 0 fully saturated rings. The first-order valence-corrected chi connectivity index (χ1v) is 7.57. The highest BCUT2D eigenvalue weighted by Gasteiger charge is 2.13. The summed E-state index contributed by atoms with van der Waals surface area (Å²) in [6.45, 7) is 4.20. The fourth-order valence-corrected chi connectivity index (χ4v) is 2.94. The molecule has 0 bridgehead atoms. The van der Waals surface area contributed by atoms with Gasteiger partial charge in [-0.2, -0.15) is 0 Å². The van der Waals surface area contributed by atoms with E-state index in [1.165, 1.54) is 7.11 Å². The lowest BCUT2D eigenvalue weighted by atomic mass is 10.1. The Bertz CT molecular complexity index is 798. The summed E-state index contributed by atoms with van der Waals surface area (Å²) >= 11 is 1.60. The minimum Gasteiger partial charge on any atom is -0.494 e. The molecule has 0 amide bonds. The standard InChI is InChI=1S/C16H15FN2OS/c1-9(2)16-19-12(8-21-16)11-6-4-10-5-7-13(20-3)14(17)15(10)18-11/h4-9H,1-3H3. The van der Waals surface area contributed by atoms with E-state index in [4.69, 9.17) is 4.74 Å². The first-order valence-electron chi connectivity index (χ1n) is 6.69. The van der Waals surface area contributed by atoms with E-state index in [2.05, 4.69) is 23.8 Å². The van der Waals surface area contributed by atoms with Crippen LogP contribution in [0.3, 0.4) is 0 Å². The Labute approximate surface area is 126 Å². The molecule has 0 spiro atoms. The zero-order chi connectivity index (χ0) is 15.0. The van der Waals surface area contributed by atoms with E-state index in [-0.39, 0.29) is 5.75 Å². The van der Waals surface area contributed by atoms with Crippen molar-refractivity contribution in [2.45, 2.75) is 19.8 Å². The summed E-state index contributed by atoms with van der Waals surface area (Å²) < 4.78 is 19.3. The number of fused-ring (bicyclic) bond motifs is 1. The molecule has 0 aliphatic heterocycles. The van der Waals surface area contributed by atoms with Gasteiger partial charge >= 0.3 is 0 Å². The largest absolute Gasteiger partial charge is 0.494 e. The van der Waals surface area contributed by atoms with Crippen LogP contribution < -0.4 is 4.74 Å². The van der Waals surface area contributed by atoms with Crippen molar-refractivity contribution >= 4 is 22.2 Å². The second-order valence-corrected chi connectivity index (χ2v) is 5.97. The Hall–Kier alpha value is -2.01. The van der Waals surface area contributed by atoms with E-state index in [0.717, 1.165) is 16.1 Å². The van der Waals surface area contributed by atoms with Crippen LogP contribution in [-0.4, -0.2) is 17.1 Å². The highest BCUT2D eigenvalue weighted by atomic mass is 32.1. The molecule has 1 aromatic carbocycles. The molecule has 0 saturated carbocycles. The monoisotopic (exact) mass is 302 g/mol. The summed E-state index contributed by atoms with van der Waals surface area (Å²) in [5.41, 5.74) is 1.77. The lowest BCUT2D eigenvalue weighted by Crippen LogP contribution is -1.93. The molecular formula is C16H15FN2OS. The zero-order valence-corrected chi connectivity index (χ0v) is 12.9. The van der Waals surface area contributed by atoms with Crippen molar-refractivity contribution in [2.75, 3.05) is 7.11 Å². The van der Waals surface area contributed by atoms with Gasteiger partial charge in [0.25, 0.3) is 0 Å². The zero-order valence-electron chi connectivity index (χ0n) is 12.1. The molecule has 3 aromatic rings. The fraction of sp³-hybridized carbons (Fsp3) is 0.250. The SMILES string of the molecule is COc1ccc2ccc(-c3csc(C(C)C)n3)nc2c1F. The molecule has 0 atom stereocenters. The van der Waals surface area contributed by atoms with E-state index < -0.39 is 5.82 Å². The molecular weight excluding hydrogens is 287 g/mol. The van der Waals surface area contributed by atoms with E-state index in [1.54, 1.807) is 23.5 Å². The minimum absolute atomic E-state index is 0.202. The maximum atomic E-state index is 14.3. The summed E-state index contributed by atoms with van der Waals surface area (Å²) in [5, 5.41) is 3.76. The van der Waals surface area contributed by atoms with E-state index in [1.807, 2.05) is 17.5 Å². The number of hydrogen-bond donors (Lipinski definition) is 0. The number of aromatic nitrogens is 2. The Kier molecular flexibility index (Phi) is 3.59. The second kappa shape index (κ2) is 5.41. The van der Waals surface area contributed by atoms with Gasteiger partial charge in [-0.3, -0.25) is 0 Å². The van der Waals surface area contributed by atoms with Crippen LogP contribution in [0.1, 0.15) is 24.8 Å². The quantitative estimate of drug-likeness (QED) is 0.707. The van der Waals surface area contributed by atoms with Gasteiger partial charge in [0.15, 0.2) is 11.6 Å². The smallest absolute Gasteiger partial charge is 0.191 e. The highest BCUT2D eigenvalue weighted by molar-refractivity contribution is 7.10. The Morgan fingerprint density at radius 1 is 1.10 bits per heavy atom. The van der Waals surface area contributed by atoms with Crippen LogP contribution in [0.5, 0.6) is 5.75 Å². The molecule has 0 N–H and O–H groups in total. The summed E-state index contributed by atoms with van der Waals surface area (Å²) in [6.07, 6.45) is 0. The predicted molar refractivity (Wildman–Crippen MR) is 83.5 cm³/mol. The van der Waals surface area contributed by atoms with Gasteiger partial charge in [-0.15, -0.1) is 11.3 Å². The maximum Gasteiger partial charge on any atom is 0.191 e. The highest BCUT2D eigenvalue weighted by Crippen LogP contribution is 2.29. The molecule has 5 heteroatoms. The molecule has 2 aromatic heterocycles. The number of hydrogen-bond acceptors (Lipinski definition) is 4. The lowest BCUT2D eigenvalue weighted by molar-refractivity contribution is 0.388. The Balaban J connectivity index is 2.13. The fourth-order valence-electron chi connectivity index (χ4n) is 2.11. The molecule has 0 unspecified atom stereocenters. The van der Waals surface area contributed by atoms with Gasteiger partial charge in [0.2, 0.25) is 0 Å². The van der Waals surface area contributed by atoms with Crippen molar-refractivity contribution in [2.24, 2.45) is 0 Å². The minimum atomic E-state index is -0.434. The normalized spacial score (nSPS) is 11.3. The molecule has 3 nitrogen and oxygen atoms in total. The Morgan fingerprint density at radius 2 is 1.86 bits per heavy atom. The van der Waals surface area contributed by atoms with Crippen molar-refractivity contribution < 1.29 is 9.13 Å². The van der Waals surface area contributed by atoms with Gasteiger partial charge in [-0.25, -0.2) is 14.4 Å². The molecule has 0 radical (unpaired) electrons. The van der Waals surface area contributed by atoms with Crippen LogP contribution in [-0.2, 0) is 0 Å². The number of pyridine rings is 1. The van der Waals surface area contributed by atoms with Crippen LogP contribution in [0.2, 0.25) is 0 Å². The number of ether oxygens (including phenoxy) is 1. The Morgan fingerprint density at radius 3 is 2.52 bits per heavy atom. The molecule has 0 aliphatic carbocycles. The van der Waals surface area contributed by atoms with Crippen LogP contribution in [0.4, 0.5) is 4.39 Å². The summed E-state index contributed by atoms with van der Waals surface area (Å²) in [6, 6.07) is 7.13. The number of thiazole rings is 1. The van der Waals surface area contributed by atoms with Crippen molar-refractivity contribution in [3.8, 4) is 17.1 Å². The van der Waals surface area contributed by atoms with Gasteiger partial charge in [-0.1, -0.05) is 19.9 Å². The van der Waals surface area contributed by atoms with Crippen LogP contribution in [0, 0.1) is 5.82 Å². The van der Waals surface area contributed by atoms with Crippen LogP contribution >= 0.6 is 11.3 Å². The number of nitrogens with zero attached hydrogens (tertiary/aromatic N) is 2. The number of rotatable bonds is 3. The van der Waals surface area contributed by atoms with Crippen molar-refractivity contribution in [3.63, 3.8) is 0 Å². The van der Waals surface area contributed by atoms with Crippen LogP contribution in [0.15, 0.2) is 29.6 Å². The van der Waals surface area contributed by atoms with E-state index >= 15 is 0 Å². The number of halogens is 1. The molecule has 2 heterocycles. The van der Waals surface area contributed by atoms with E-state index in [9.17, 15) is 4.39 Å². The van der Waals surface area contributed by atoms with Gasteiger partial charge in [0, 0.05) is 16.7 Å². The second-order valence-electron chi connectivity index (χ2n) is 5.08. The molecule has 3 rings (SSSR count). The van der Waals surface area contributed by atoms with Gasteiger partial charge in [-0.05, 0) is 18.2 Å². The third-order valence-electron chi connectivity index (χ3n) is 3.26. The first-order chi connectivity index (χ1) is 10.1. The number of benzene rings is 1. The van der Waals surface area contributed by atoms with Crippen molar-refractivity contribution in [1.29, 1.82) is 0 Å². The predicted octanol–water partition coefficient (Wildman–Crippen LogP) is 4.63. The molecule has 21 heavy (non-hydrogen) atoms. The van der Waals surface area contributed by atoms with Gasteiger partial charge < -0.3 is 4.74 Å². The number of methoxy groups -OCH3 is 1. The average molecular weight is 302 g/mol. The molecule has 0 aliphatic rings. The van der Waals surface area contributed by atoms with Crippen molar-refractivity contribution in [1.82, 2.24) is 9.97 Å². The topological polar surface area (TPSA) is 35.0 Å². The first kappa shape index (κ1) is 13.9. The molecule has 108 valence electrons. The lowest BCUT2D eigenvalue weighted by Gasteiger charge is -2.06.